The fraction of sp³-hybridized carbons (Fsp3) is 0.278. The molecule has 0 spiro atoms. The molecule has 0 saturated carbocycles. The van der Waals surface area contributed by atoms with Gasteiger partial charge in [0.15, 0.2) is 6.61 Å². The Morgan fingerprint density at radius 1 is 1.08 bits per heavy atom. The number of hydrogen-bond acceptors (Lipinski definition) is 4. The van der Waals surface area contributed by atoms with Crippen molar-refractivity contribution < 1.29 is 17.9 Å². The van der Waals surface area contributed by atoms with Gasteiger partial charge >= 0.3 is 0 Å². The Balaban J connectivity index is 2.22. The molecule has 1 amide bonds. The Kier molecular flexibility index (Phi) is 6.03. The Hall–Kier alpha value is -2.54. The van der Waals surface area contributed by atoms with Crippen molar-refractivity contribution in [1.29, 1.82) is 0 Å². The van der Waals surface area contributed by atoms with Gasteiger partial charge in [0.05, 0.1) is 10.6 Å². The molecule has 134 valence electrons. The first-order valence-electron chi connectivity index (χ1n) is 7.91. The second kappa shape index (κ2) is 8.02. The van der Waals surface area contributed by atoms with Crippen molar-refractivity contribution in [3.8, 4) is 5.75 Å². The van der Waals surface area contributed by atoms with Gasteiger partial charge in [-0.3, -0.25) is 9.10 Å². The Bertz CT molecular complexity index is 815. The van der Waals surface area contributed by atoms with Gasteiger partial charge in [0.1, 0.15) is 5.75 Å². The second-order valence-corrected chi connectivity index (χ2v) is 7.30. The summed E-state index contributed by atoms with van der Waals surface area (Å²) in [5.41, 5.74) is 1.54. The van der Waals surface area contributed by atoms with E-state index in [0.29, 0.717) is 18.0 Å². The number of nitrogens with one attached hydrogen (secondary N) is 1. The minimum atomic E-state index is -3.64. The zero-order chi connectivity index (χ0) is 18.4. The van der Waals surface area contributed by atoms with Crippen LogP contribution in [0.15, 0.2) is 53.4 Å². The van der Waals surface area contributed by atoms with Crippen LogP contribution >= 0.6 is 0 Å². The zero-order valence-electron chi connectivity index (χ0n) is 14.5. The minimum Gasteiger partial charge on any atom is -0.484 e. The van der Waals surface area contributed by atoms with E-state index in [-0.39, 0.29) is 17.4 Å². The summed E-state index contributed by atoms with van der Waals surface area (Å²) < 4.78 is 32.4. The second-order valence-electron chi connectivity index (χ2n) is 5.44. The molecule has 7 heteroatoms. The van der Waals surface area contributed by atoms with E-state index in [1.165, 1.54) is 11.4 Å². The third-order valence-corrected chi connectivity index (χ3v) is 5.59. The van der Waals surface area contributed by atoms with Crippen LogP contribution in [0.2, 0.25) is 0 Å². The average Bonchev–Trinajstić information content (AvgIpc) is 2.61. The van der Waals surface area contributed by atoms with Crippen LogP contribution in [0.1, 0.15) is 12.5 Å². The molecule has 25 heavy (non-hydrogen) atoms. The molecule has 0 aliphatic rings. The van der Waals surface area contributed by atoms with Crippen LogP contribution in [0.5, 0.6) is 5.75 Å². The van der Waals surface area contributed by atoms with Crippen LogP contribution in [0.3, 0.4) is 0 Å². The Morgan fingerprint density at radius 2 is 1.68 bits per heavy atom. The lowest BCUT2D eigenvalue weighted by molar-refractivity contribution is -0.122. The predicted octanol–water partition coefficient (Wildman–Crippen LogP) is 2.34. The number of nitrogens with zero attached hydrogens (tertiary/aromatic N) is 1. The van der Waals surface area contributed by atoms with Gasteiger partial charge in [-0.15, -0.1) is 0 Å². The summed E-state index contributed by atoms with van der Waals surface area (Å²) in [7, 11) is -2.10. The zero-order valence-corrected chi connectivity index (χ0v) is 15.3. The summed E-state index contributed by atoms with van der Waals surface area (Å²) in [6, 6.07) is 13.4. The molecular weight excluding hydrogens is 340 g/mol. The minimum absolute atomic E-state index is 0.0883. The molecule has 0 bridgehead atoms. The van der Waals surface area contributed by atoms with Gasteiger partial charge in [0.25, 0.3) is 15.9 Å². The van der Waals surface area contributed by atoms with Gasteiger partial charge < -0.3 is 10.1 Å². The monoisotopic (exact) mass is 362 g/mol. The molecular formula is C18H22N2O4S. The lowest BCUT2D eigenvalue weighted by Gasteiger charge is -2.23. The van der Waals surface area contributed by atoms with Gasteiger partial charge in [-0.05, 0) is 50.2 Å². The molecule has 0 heterocycles. The van der Waals surface area contributed by atoms with Crippen LogP contribution < -0.4 is 14.4 Å². The fourth-order valence-corrected chi connectivity index (χ4v) is 3.73. The topological polar surface area (TPSA) is 75.7 Å². The molecule has 0 radical (unpaired) electrons. The quantitative estimate of drug-likeness (QED) is 0.820. The number of sulfonamides is 1. The van der Waals surface area contributed by atoms with Crippen molar-refractivity contribution in [2.75, 3.05) is 24.5 Å². The molecule has 0 fully saturated rings. The van der Waals surface area contributed by atoms with Crippen LogP contribution in [0.25, 0.3) is 0 Å². The van der Waals surface area contributed by atoms with E-state index in [1.54, 1.807) is 55.5 Å². The van der Waals surface area contributed by atoms with E-state index >= 15 is 0 Å². The maximum atomic E-state index is 12.9. The van der Waals surface area contributed by atoms with Crippen molar-refractivity contribution in [2.24, 2.45) is 0 Å². The SMILES string of the molecule is CCN(c1ccc(OCC(=O)NC)cc1)S(=O)(=O)c1ccc(C)cc1. The molecule has 2 aromatic rings. The largest absolute Gasteiger partial charge is 0.484 e. The lowest BCUT2D eigenvalue weighted by atomic mass is 10.2. The van der Waals surface area contributed by atoms with E-state index in [4.69, 9.17) is 4.74 Å². The highest BCUT2D eigenvalue weighted by molar-refractivity contribution is 7.92. The molecule has 0 atom stereocenters. The first kappa shape index (κ1) is 18.8. The van der Waals surface area contributed by atoms with Crippen molar-refractivity contribution in [3.05, 3.63) is 54.1 Å². The van der Waals surface area contributed by atoms with E-state index in [1.807, 2.05) is 6.92 Å². The van der Waals surface area contributed by atoms with Crippen LogP contribution in [0, 0.1) is 6.92 Å². The molecule has 2 aromatic carbocycles. The first-order valence-corrected chi connectivity index (χ1v) is 9.35. The Morgan fingerprint density at radius 3 is 2.20 bits per heavy atom. The summed E-state index contributed by atoms with van der Waals surface area (Å²) >= 11 is 0. The summed E-state index contributed by atoms with van der Waals surface area (Å²) in [4.78, 5) is 11.4. The molecule has 6 nitrogen and oxygen atoms in total. The third-order valence-electron chi connectivity index (χ3n) is 3.67. The first-order chi connectivity index (χ1) is 11.9. The third kappa shape index (κ3) is 4.51. The Labute approximate surface area is 148 Å². The van der Waals surface area contributed by atoms with Crippen molar-refractivity contribution in [1.82, 2.24) is 5.32 Å². The number of carbonyl (C=O) groups excluding carboxylic acids is 1. The van der Waals surface area contributed by atoms with E-state index < -0.39 is 10.0 Å². The number of hydrogen-bond donors (Lipinski definition) is 1. The number of rotatable bonds is 7. The lowest BCUT2D eigenvalue weighted by Crippen LogP contribution is -2.30. The van der Waals surface area contributed by atoms with Gasteiger partial charge in [0, 0.05) is 13.6 Å². The smallest absolute Gasteiger partial charge is 0.264 e. The number of likely N-dealkylation sites (N-methyl/N-ethyl adjacent to an activating group) is 1. The van der Waals surface area contributed by atoms with Gasteiger partial charge in [-0.1, -0.05) is 17.7 Å². The maximum absolute atomic E-state index is 12.9. The van der Waals surface area contributed by atoms with E-state index in [2.05, 4.69) is 5.32 Å². The standard InChI is InChI=1S/C18H22N2O4S/c1-4-20(25(22,23)17-11-5-14(2)6-12-17)15-7-9-16(10-8-15)24-13-18(21)19-3/h5-12H,4,13H2,1-3H3,(H,19,21). The van der Waals surface area contributed by atoms with Crippen LogP contribution in [-0.4, -0.2) is 34.5 Å². The molecule has 0 unspecified atom stereocenters. The number of carbonyl (C=O) groups is 1. The number of ether oxygens (including phenoxy) is 1. The van der Waals surface area contributed by atoms with Crippen molar-refractivity contribution in [2.45, 2.75) is 18.7 Å². The molecule has 2 rings (SSSR count). The average molecular weight is 362 g/mol. The summed E-state index contributed by atoms with van der Waals surface area (Å²) in [6.45, 7) is 3.90. The summed E-state index contributed by atoms with van der Waals surface area (Å²) in [5, 5.41) is 2.46. The predicted molar refractivity (Wildman–Crippen MR) is 97.4 cm³/mol. The highest BCUT2D eigenvalue weighted by Crippen LogP contribution is 2.25. The normalized spacial score (nSPS) is 11.0. The van der Waals surface area contributed by atoms with Crippen molar-refractivity contribution in [3.63, 3.8) is 0 Å². The fourth-order valence-electron chi connectivity index (χ4n) is 2.26. The maximum Gasteiger partial charge on any atom is 0.264 e. The molecule has 0 aromatic heterocycles. The van der Waals surface area contributed by atoms with Gasteiger partial charge in [-0.2, -0.15) is 0 Å². The molecule has 1 N–H and O–H groups in total. The van der Waals surface area contributed by atoms with Crippen LogP contribution in [-0.2, 0) is 14.8 Å². The number of anilines is 1. The van der Waals surface area contributed by atoms with E-state index in [9.17, 15) is 13.2 Å². The highest BCUT2D eigenvalue weighted by Gasteiger charge is 2.23. The molecule has 0 aliphatic heterocycles. The van der Waals surface area contributed by atoms with Gasteiger partial charge in [-0.25, -0.2) is 8.42 Å². The highest BCUT2D eigenvalue weighted by atomic mass is 32.2. The van der Waals surface area contributed by atoms with E-state index in [0.717, 1.165) is 5.56 Å². The summed E-state index contributed by atoms with van der Waals surface area (Å²) in [6.07, 6.45) is 0. The van der Waals surface area contributed by atoms with Crippen LogP contribution in [0.4, 0.5) is 5.69 Å². The number of aryl methyl sites for hydroxylation is 1. The van der Waals surface area contributed by atoms with Crippen molar-refractivity contribution >= 4 is 21.6 Å². The molecule has 0 aliphatic carbocycles. The molecule has 0 saturated heterocycles. The number of benzene rings is 2. The summed E-state index contributed by atoms with van der Waals surface area (Å²) in [5.74, 6) is 0.261. The van der Waals surface area contributed by atoms with Gasteiger partial charge in [0.2, 0.25) is 0 Å². The number of amides is 1.